The zero-order chi connectivity index (χ0) is 18.2. The number of sulfonamides is 1. The summed E-state index contributed by atoms with van der Waals surface area (Å²) in [7, 11) is -3.95. The summed E-state index contributed by atoms with van der Waals surface area (Å²) in [6.45, 7) is 1.34. The fourth-order valence-corrected chi connectivity index (χ4v) is 3.20. The highest BCUT2D eigenvalue weighted by molar-refractivity contribution is 7.89. The molecule has 0 fully saturated rings. The van der Waals surface area contributed by atoms with Gasteiger partial charge in [0.2, 0.25) is 15.8 Å². The molecule has 0 unspecified atom stereocenters. The van der Waals surface area contributed by atoms with Crippen molar-refractivity contribution in [2.24, 2.45) is 0 Å². The Morgan fingerprint density at radius 3 is 2.68 bits per heavy atom. The molecule has 3 aromatic rings. The number of hydrogen-bond donors (Lipinski definition) is 2. The molecular weight excluding hydrogens is 365 g/mol. The third-order valence-electron chi connectivity index (χ3n) is 3.21. The van der Waals surface area contributed by atoms with Crippen LogP contribution >= 0.6 is 0 Å². The summed E-state index contributed by atoms with van der Waals surface area (Å²) in [5, 5.41) is 9.54. The van der Waals surface area contributed by atoms with Gasteiger partial charge in [-0.1, -0.05) is 5.16 Å². The van der Waals surface area contributed by atoms with Crippen LogP contribution in [-0.4, -0.2) is 23.8 Å². The minimum absolute atomic E-state index is 0.00340. The Bertz CT molecular complexity index is 974. The van der Waals surface area contributed by atoms with Crippen molar-refractivity contribution in [1.29, 1.82) is 0 Å². The van der Waals surface area contributed by atoms with Crippen LogP contribution in [0.2, 0.25) is 0 Å². The molecule has 0 aliphatic heterocycles. The fourth-order valence-electron chi connectivity index (χ4n) is 2.02. The Kier molecular flexibility index (Phi) is 4.16. The van der Waals surface area contributed by atoms with Gasteiger partial charge in [0.05, 0.1) is 12.2 Å². The highest BCUT2D eigenvalue weighted by Crippen LogP contribution is 2.34. The van der Waals surface area contributed by atoms with Crippen molar-refractivity contribution in [3.8, 4) is 11.5 Å². The highest BCUT2D eigenvalue weighted by Gasteiger charge is 2.36. The SMILES string of the molecule is Cc1oc(-c2cc(C(F)(F)F)on2)cc1S(=O)(=O)NCc1ccn[nH]1. The number of nitrogens with one attached hydrogen (secondary N) is 2. The Hall–Kier alpha value is -2.60. The largest absolute Gasteiger partial charge is 0.458 e. The molecule has 134 valence electrons. The predicted molar refractivity (Wildman–Crippen MR) is 76.6 cm³/mol. The lowest BCUT2D eigenvalue weighted by Gasteiger charge is -2.03. The summed E-state index contributed by atoms with van der Waals surface area (Å²) >= 11 is 0. The number of aromatic nitrogens is 3. The van der Waals surface area contributed by atoms with E-state index in [1.165, 1.54) is 13.1 Å². The number of rotatable bonds is 5. The molecule has 8 nitrogen and oxygen atoms in total. The van der Waals surface area contributed by atoms with E-state index in [2.05, 4.69) is 24.6 Å². The molecule has 0 bridgehead atoms. The van der Waals surface area contributed by atoms with Gasteiger partial charge >= 0.3 is 6.18 Å². The smallest absolute Gasteiger partial charge is 0.452 e. The second-order valence-electron chi connectivity index (χ2n) is 5.01. The normalized spacial score (nSPS) is 12.6. The Morgan fingerprint density at radius 1 is 1.32 bits per heavy atom. The summed E-state index contributed by atoms with van der Waals surface area (Å²) in [6.07, 6.45) is -3.24. The molecule has 25 heavy (non-hydrogen) atoms. The Morgan fingerprint density at radius 2 is 2.08 bits per heavy atom. The van der Waals surface area contributed by atoms with Crippen LogP contribution in [0.15, 0.2) is 38.2 Å². The zero-order valence-corrected chi connectivity index (χ0v) is 13.4. The minimum atomic E-state index is -4.70. The molecular formula is C13H11F3N4O4S. The zero-order valence-electron chi connectivity index (χ0n) is 12.6. The first kappa shape index (κ1) is 17.2. The molecule has 2 N–H and O–H groups in total. The lowest BCUT2D eigenvalue weighted by atomic mass is 10.3. The van der Waals surface area contributed by atoms with Crippen molar-refractivity contribution in [2.75, 3.05) is 0 Å². The van der Waals surface area contributed by atoms with Crippen LogP contribution in [0.1, 0.15) is 17.2 Å². The van der Waals surface area contributed by atoms with Crippen molar-refractivity contribution in [1.82, 2.24) is 20.1 Å². The number of hydrogen-bond acceptors (Lipinski definition) is 6. The maximum atomic E-state index is 12.5. The van der Waals surface area contributed by atoms with Gasteiger partial charge in [0, 0.05) is 18.3 Å². The molecule has 3 heterocycles. The summed E-state index contributed by atoms with van der Waals surface area (Å²) in [5.41, 5.74) is 0.279. The fraction of sp³-hybridized carbons (Fsp3) is 0.231. The third kappa shape index (κ3) is 3.58. The molecule has 0 atom stereocenters. The number of halogens is 3. The van der Waals surface area contributed by atoms with E-state index in [0.29, 0.717) is 11.8 Å². The van der Waals surface area contributed by atoms with Gasteiger partial charge in [0.15, 0.2) is 5.76 Å². The van der Waals surface area contributed by atoms with Gasteiger partial charge in [0.25, 0.3) is 0 Å². The van der Waals surface area contributed by atoms with E-state index in [4.69, 9.17) is 4.42 Å². The number of furan rings is 1. The second kappa shape index (κ2) is 6.04. The van der Waals surface area contributed by atoms with E-state index >= 15 is 0 Å². The molecule has 0 amide bonds. The molecule has 0 radical (unpaired) electrons. The van der Waals surface area contributed by atoms with E-state index in [1.807, 2.05) is 0 Å². The average Bonchev–Trinajstić information content (AvgIpc) is 3.24. The number of aromatic amines is 1. The lowest BCUT2D eigenvalue weighted by molar-refractivity contribution is -0.155. The van der Waals surface area contributed by atoms with E-state index < -0.39 is 22.0 Å². The predicted octanol–water partition coefficient (Wildman–Crippen LogP) is 2.46. The third-order valence-corrected chi connectivity index (χ3v) is 4.72. The molecule has 3 rings (SSSR count). The average molecular weight is 376 g/mol. The number of nitrogens with zero attached hydrogens (tertiary/aromatic N) is 2. The number of alkyl halides is 3. The van der Waals surface area contributed by atoms with Gasteiger partial charge < -0.3 is 8.94 Å². The summed E-state index contributed by atoms with van der Waals surface area (Å²) in [4.78, 5) is -0.210. The van der Waals surface area contributed by atoms with Gasteiger partial charge in [0.1, 0.15) is 16.3 Å². The second-order valence-corrected chi connectivity index (χ2v) is 6.75. The standard InChI is InChI=1S/C13H11F3N4O4S/c1-7-11(25(21,22)18-6-8-2-3-17-19-8)5-10(23-7)9-4-12(24-20-9)13(14,15)16/h2-5,18H,6H2,1H3,(H,17,19). The number of aryl methyl sites for hydroxylation is 1. The van der Waals surface area contributed by atoms with E-state index in [9.17, 15) is 21.6 Å². The van der Waals surface area contributed by atoms with Crippen LogP contribution < -0.4 is 4.72 Å². The molecule has 0 aliphatic rings. The minimum Gasteiger partial charge on any atom is -0.458 e. The van der Waals surface area contributed by atoms with Crippen molar-refractivity contribution >= 4 is 10.0 Å². The molecule has 0 aliphatic carbocycles. The quantitative estimate of drug-likeness (QED) is 0.707. The van der Waals surface area contributed by atoms with Gasteiger partial charge in [-0.05, 0) is 13.0 Å². The van der Waals surface area contributed by atoms with Gasteiger partial charge in [-0.25, -0.2) is 13.1 Å². The summed E-state index contributed by atoms with van der Waals surface area (Å²) in [6, 6.07) is 3.31. The summed E-state index contributed by atoms with van der Waals surface area (Å²) < 4.78 is 74.1. The van der Waals surface area contributed by atoms with E-state index in [-0.39, 0.29) is 28.7 Å². The molecule has 0 spiro atoms. The molecule has 12 heteroatoms. The highest BCUT2D eigenvalue weighted by atomic mass is 32.2. The number of H-pyrrole nitrogens is 1. The van der Waals surface area contributed by atoms with Crippen LogP contribution in [0.3, 0.4) is 0 Å². The van der Waals surface area contributed by atoms with Crippen molar-refractivity contribution in [2.45, 2.75) is 24.5 Å². The van der Waals surface area contributed by atoms with Crippen LogP contribution in [0.25, 0.3) is 11.5 Å². The monoisotopic (exact) mass is 376 g/mol. The molecule has 0 saturated carbocycles. The van der Waals surface area contributed by atoms with Crippen LogP contribution in [0.5, 0.6) is 0 Å². The first-order valence-electron chi connectivity index (χ1n) is 6.79. The first-order valence-corrected chi connectivity index (χ1v) is 8.28. The van der Waals surface area contributed by atoms with Crippen LogP contribution in [-0.2, 0) is 22.7 Å². The maximum Gasteiger partial charge on any atom is 0.452 e. The van der Waals surface area contributed by atoms with Gasteiger partial charge in [-0.2, -0.15) is 18.3 Å². The lowest BCUT2D eigenvalue weighted by Crippen LogP contribution is -2.23. The molecule has 3 aromatic heterocycles. The van der Waals surface area contributed by atoms with E-state index in [0.717, 1.165) is 6.07 Å². The van der Waals surface area contributed by atoms with Crippen LogP contribution in [0.4, 0.5) is 13.2 Å². The van der Waals surface area contributed by atoms with Crippen molar-refractivity contribution < 1.29 is 30.5 Å². The summed E-state index contributed by atoms with van der Waals surface area (Å²) in [5.74, 6) is -1.46. The Labute approximate surface area is 139 Å². The van der Waals surface area contributed by atoms with Crippen molar-refractivity contribution in [3.63, 3.8) is 0 Å². The first-order chi connectivity index (χ1) is 11.7. The molecule has 0 saturated heterocycles. The van der Waals surface area contributed by atoms with Crippen LogP contribution in [0, 0.1) is 6.92 Å². The maximum absolute atomic E-state index is 12.5. The van der Waals surface area contributed by atoms with E-state index in [1.54, 1.807) is 6.07 Å². The Balaban J connectivity index is 1.85. The van der Waals surface area contributed by atoms with Gasteiger partial charge in [-0.3, -0.25) is 5.10 Å². The molecule has 0 aromatic carbocycles. The van der Waals surface area contributed by atoms with Crippen molar-refractivity contribution in [3.05, 3.63) is 41.6 Å². The van der Waals surface area contributed by atoms with Gasteiger partial charge in [-0.15, -0.1) is 0 Å². The topological polar surface area (TPSA) is 114 Å².